The maximum Gasteiger partial charge on any atom is 0.235 e. The quantitative estimate of drug-likeness (QED) is 0.142. The second-order valence-corrected chi connectivity index (χ2v) is 14.0. The van der Waals surface area contributed by atoms with Gasteiger partial charge < -0.3 is 25.2 Å². The lowest BCUT2D eigenvalue weighted by Crippen LogP contribution is -2.56. The molecule has 4 aromatic carbocycles. The lowest BCUT2D eigenvalue weighted by atomic mass is 9.61. The standard InChI is InChI=1S/C40H42Cl2N2O6/c1-7-49-34-19-26(15-16-33(34)50-21-27-28(41)9-8-10-29(27)42)35-36(38(46)43-30-17-22(2)11-13-24(30)4)32(45)20-40(6,48)37(35)39(47)44-31-18-23(3)12-14-25(31)5/h8-19,35-37,48H,7,20-21H2,1-6H3,(H,43,46)(H,44,47). The number of hydrogen-bond acceptors (Lipinski definition) is 6. The van der Waals surface area contributed by atoms with E-state index >= 15 is 0 Å². The molecule has 4 unspecified atom stereocenters. The second kappa shape index (κ2) is 15.3. The molecule has 8 nitrogen and oxygen atoms in total. The van der Waals surface area contributed by atoms with Crippen LogP contribution in [0.25, 0.3) is 0 Å². The topological polar surface area (TPSA) is 114 Å². The maximum absolute atomic E-state index is 14.4. The Balaban J connectivity index is 1.60. The molecule has 50 heavy (non-hydrogen) atoms. The molecule has 0 aromatic heterocycles. The number of halogens is 2. The molecule has 10 heteroatoms. The minimum Gasteiger partial charge on any atom is -0.490 e. The summed E-state index contributed by atoms with van der Waals surface area (Å²) in [6, 6.07) is 21.6. The zero-order valence-corrected chi connectivity index (χ0v) is 30.5. The van der Waals surface area contributed by atoms with E-state index in [9.17, 15) is 19.5 Å². The molecule has 0 spiro atoms. The van der Waals surface area contributed by atoms with Crippen LogP contribution < -0.4 is 20.1 Å². The fraction of sp³-hybridized carbons (Fsp3) is 0.325. The van der Waals surface area contributed by atoms with Crippen LogP contribution in [0, 0.1) is 39.5 Å². The average molecular weight is 718 g/mol. The van der Waals surface area contributed by atoms with E-state index in [4.69, 9.17) is 32.7 Å². The number of benzene rings is 4. The van der Waals surface area contributed by atoms with Crippen molar-refractivity contribution in [3.05, 3.63) is 116 Å². The maximum atomic E-state index is 14.4. The van der Waals surface area contributed by atoms with Gasteiger partial charge in [0.05, 0.1) is 18.1 Å². The summed E-state index contributed by atoms with van der Waals surface area (Å²) in [6.45, 7) is 11.2. The van der Waals surface area contributed by atoms with Crippen molar-refractivity contribution >= 4 is 52.2 Å². The van der Waals surface area contributed by atoms with Crippen LogP contribution in [0.1, 0.15) is 59.6 Å². The van der Waals surface area contributed by atoms with Crippen LogP contribution >= 0.6 is 23.2 Å². The van der Waals surface area contributed by atoms with Gasteiger partial charge in [0.25, 0.3) is 0 Å². The molecular formula is C40H42Cl2N2O6. The van der Waals surface area contributed by atoms with Gasteiger partial charge in [-0.2, -0.15) is 0 Å². The number of aryl methyl sites for hydroxylation is 4. The molecule has 0 radical (unpaired) electrons. The fourth-order valence-corrected chi connectivity index (χ4v) is 7.10. The van der Waals surface area contributed by atoms with Crippen LogP contribution in [0.15, 0.2) is 72.8 Å². The first-order valence-electron chi connectivity index (χ1n) is 16.5. The molecule has 0 heterocycles. The predicted molar refractivity (Wildman–Crippen MR) is 197 cm³/mol. The highest BCUT2D eigenvalue weighted by Crippen LogP contribution is 2.48. The number of aliphatic hydroxyl groups is 1. The van der Waals surface area contributed by atoms with E-state index < -0.39 is 47.4 Å². The molecule has 2 amide bonds. The molecule has 262 valence electrons. The lowest BCUT2D eigenvalue weighted by Gasteiger charge is -2.44. The van der Waals surface area contributed by atoms with Gasteiger partial charge in [-0.25, -0.2) is 0 Å². The number of anilines is 2. The summed E-state index contributed by atoms with van der Waals surface area (Å²) in [7, 11) is 0. The number of ether oxygens (including phenoxy) is 2. The van der Waals surface area contributed by atoms with Crippen molar-refractivity contribution in [2.75, 3.05) is 17.2 Å². The molecule has 1 saturated carbocycles. The van der Waals surface area contributed by atoms with Crippen molar-refractivity contribution < 1.29 is 29.0 Å². The Morgan fingerprint density at radius 2 is 1.40 bits per heavy atom. The van der Waals surface area contributed by atoms with Crippen molar-refractivity contribution in [1.29, 1.82) is 0 Å². The van der Waals surface area contributed by atoms with Gasteiger partial charge in [-0.15, -0.1) is 0 Å². The van der Waals surface area contributed by atoms with Crippen LogP contribution in [0.5, 0.6) is 11.5 Å². The van der Waals surface area contributed by atoms with Gasteiger partial charge in [0, 0.05) is 39.3 Å². The largest absolute Gasteiger partial charge is 0.490 e. The van der Waals surface area contributed by atoms with Crippen molar-refractivity contribution in [3.63, 3.8) is 0 Å². The number of rotatable bonds is 10. The van der Waals surface area contributed by atoms with Crippen LogP contribution in [-0.2, 0) is 21.0 Å². The first kappa shape index (κ1) is 36.9. The first-order chi connectivity index (χ1) is 23.7. The summed E-state index contributed by atoms with van der Waals surface area (Å²) in [5.74, 6) is -4.47. The molecule has 4 atom stereocenters. The van der Waals surface area contributed by atoms with E-state index in [0.29, 0.717) is 44.0 Å². The van der Waals surface area contributed by atoms with Crippen LogP contribution in [-0.4, -0.2) is 34.9 Å². The van der Waals surface area contributed by atoms with Crippen LogP contribution in [0.2, 0.25) is 10.0 Å². The molecule has 3 N–H and O–H groups in total. The highest BCUT2D eigenvalue weighted by atomic mass is 35.5. The molecule has 0 bridgehead atoms. The number of nitrogens with one attached hydrogen (secondary N) is 2. The van der Waals surface area contributed by atoms with Crippen LogP contribution in [0.3, 0.4) is 0 Å². The molecule has 1 fully saturated rings. The summed E-state index contributed by atoms with van der Waals surface area (Å²) >= 11 is 12.8. The number of carbonyl (C=O) groups is 3. The van der Waals surface area contributed by atoms with Gasteiger partial charge in [0.2, 0.25) is 11.8 Å². The lowest BCUT2D eigenvalue weighted by molar-refractivity contribution is -0.150. The van der Waals surface area contributed by atoms with E-state index in [1.807, 2.05) is 71.0 Å². The molecule has 4 aromatic rings. The minimum atomic E-state index is -1.79. The van der Waals surface area contributed by atoms with E-state index in [1.54, 1.807) is 36.4 Å². The number of hydrogen-bond donors (Lipinski definition) is 3. The van der Waals surface area contributed by atoms with E-state index in [1.165, 1.54) is 6.92 Å². The van der Waals surface area contributed by atoms with Crippen molar-refractivity contribution in [2.24, 2.45) is 11.8 Å². The first-order valence-corrected chi connectivity index (χ1v) is 17.3. The SMILES string of the molecule is CCOc1cc(C2C(C(=O)Nc3cc(C)ccc3C)C(=O)CC(C)(O)C2C(=O)Nc2cc(C)ccc2C)ccc1OCc1c(Cl)cccc1Cl. The second-order valence-electron chi connectivity index (χ2n) is 13.2. The Hall–Kier alpha value is -4.37. The van der Waals surface area contributed by atoms with E-state index in [2.05, 4.69) is 10.6 Å². The molecule has 0 saturated heterocycles. The zero-order chi connectivity index (χ0) is 36.3. The summed E-state index contributed by atoms with van der Waals surface area (Å²) in [5, 5.41) is 18.7. The normalized spacial score (nSPS) is 20.3. The smallest absolute Gasteiger partial charge is 0.235 e. The highest BCUT2D eigenvalue weighted by Gasteiger charge is 2.56. The zero-order valence-electron chi connectivity index (χ0n) is 29.0. The number of amides is 2. The molecule has 1 aliphatic rings. The summed E-state index contributed by atoms with van der Waals surface area (Å²) in [5.41, 5.74) is 3.92. The summed E-state index contributed by atoms with van der Waals surface area (Å²) < 4.78 is 12.1. The number of Topliss-reactive ketones (excluding diaryl/α,β-unsaturated/α-hetero) is 1. The molecular weight excluding hydrogens is 675 g/mol. The van der Waals surface area contributed by atoms with Gasteiger partial charge in [-0.3, -0.25) is 14.4 Å². The van der Waals surface area contributed by atoms with Gasteiger partial charge in [-0.1, -0.05) is 59.6 Å². The van der Waals surface area contributed by atoms with Gasteiger partial charge >= 0.3 is 0 Å². The fourth-order valence-electron chi connectivity index (χ4n) is 6.59. The monoisotopic (exact) mass is 716 g/mol. The van der Waals surface area contributed by atoms with E-state index in [-0.39, 0.29) is 13.2 Å². The summed E-state index contributed by atoms with van der Waals surface area (Å²) in [6.07, 6.45) is -0.391. The van der Waals surface area contributed by atoms with Crippen molar-refractivity contribution in [2.45, 2.75) is 66.1 Å². The van der Waals surface area contributed by atoms with Crippen molar-refractivity contribution in [1.82, 2.24) is 0 Å². The van der Waals surface area contributed by atoms with Gasteiger partial charge in [0.1, 0.15) is 18.3 Å². The third-order valence-corrected chi connectivity index (χ3v) is 9.93. The third kappa shape index (κ3) is 7.99. The Labute approximate surface area is 303 Å². The van der Waals surface area contributed by atoms with Gasteiger partial charge in [-0.05, 0) is 106 Å². The van der Waals surface area contributed by atoms with E-state index in [0.717, 1.165) is 22.3 Å². The third-order valence-electron chi connectivity index (χ3n) is 9.22. The molecule has 1 aliphatic carbocycles. The van der Waals surface area contributed by atoms with Gasteiger partial charge in [0.15, 0.2) is 11.5 Å². The average Bonchev–Trinajstić information content (AvgIpc) is 3.04. The van der Waals surface area contributed by atoms with Crippen molar-refractivity contribution in [3.8, 4) is 11.5 Å². The Bertz CT molecular complexity index is 1920. The predicted octanol–water partition coefficient (Wildman–Crippen LogP) is 8.52. The number of carbonyl (C=O) groups excluding carboxylic acids is 3. The Morgan fingerprint density at radius 3 is 1.98 bits per heavy atom. The Morgan fingerprint density at radius 1 is 0.820 bits per heavy atom. The van der Waals surface area contributed by atoms with Crippen LogP contribution in [0.4, 0.5) is 11.4 Å². The number of ketones is 1. The highest BCUT2D eigenvalue weighted by molar-refractivity contribution is 6.36. The summed E-state index contributed by atoms with van der Waals surface area (Å²) in [4.78, 5) is 42.6. The Kier molecular flexibility index (Phi) is 11.3. The molecule has 0 aliphatic heterocycles. The minimum absolute atomic E-state index is 0.0519. The molecule has 5 rings (SSSR count).